The minimum absolute atomic E-state index is 0.287. The fraction of sp³-hybridized carbons (Fsp3) is 0.143. The predicted molar refractivity (Wildman–Crippen MR) is 84.4 cm³/mol. The second kappa shape index (κ2) is 6.18. The molecule has 0 aliphatic heterocycles. The van der Waals surface area contributed by atoms with Gasteiger partial charge < -0.3 is 13.6 Å². The van der Waals surface area contributed by atoms with E-state index in [0.29, 0.717) is 17.3 Å². The molecule has 0 atom stereocenters. The van der Waals surface area contributed by atoms with Gasteiger partial charge in [-0.25, -0.2) is 4.57 Å². The van der Waals surface area contributed by atoms with Crippen molar-refractivity contribution < 1.29 is 18.1 Å². The zero-order valence-corrected chi connectivity index (χ0v) is 13.4. The van der Waals surface area contributed by atoms with E-state index in [0.717, 1.165) is 0 Å². The largest absolute Gasteiger partial charge is 0.446 e. The summed E-state index contributed by atoms with van der Waals surface area (Å²) >= 11 is 0. The molecule has 0 aliphatic carbocycles. The van der Waals surface area contributed by atoms with Crippen molar-refractivity contribution in [1.82, 2.24) is 10.3 Å². The molecule has 1 aromatic carbocycles. The third-order valence-corrected chi connectivity index (χ3v) is 4.27. The van der Waals surface area contributed by atoms with Gasteiger partial charge in [0.1, 0.15) is 17.3 Å². The molecule has 0 spiro atoms. The van der Waals surface area contributed by atoms with Crippen molar-refractivity contribution >= 4 is 19.3 Å². The maximum Gasteiger partial charge on any atom is 0.446 e. The van der Waals surface area contributed by atoms with Gasteiger partial charge in [-0.15, -0.1) is 0 Å². The summed E-state index contributed by atoms with van der Waals surface area (Å²) in [6.45, 7) is 3.46. The molecule has 0 amide bonds. The Morgan fingerprint density at radius 3 is 1.91 bits per heavy atom. The first-order valence-corrected chi connectivity index (χ1v) is 8.43. The van der Waals surface area contributed by atoms with Crippen molar-refractivity contribution in [1.29, 1.82) is 0 Å². The van der Waals surface area contributed by atoms with Gasteiger partial charge in [-0.2, -0.15) is 0 Å². The van der Waals surface area contributed by atoms with Crippen molar-refractivity contribution in [2.75, 3.05) is 10.2 Å². The smallest absolute Gasteiger partial charge is 0.414 e. The second-order valence-electron chi connectivity index (χ2n) is 4.83. The summed E-state index contributed by atoms with van der Waals surface area (Å²) in [4.78, 5) is 0. The Kier molecular flexibility index (Phi) is 4.08. The Bertz CT molecular complexity index is 784. The van der Waals surface area contributed by atoms with Crippen LogP contribution in [0.5, 0.6) is 5.75 Å². The highest BCUT2D eigenvalue weighted by atomic mass is 31.2. The van der Waals surface area contributed by atoms with Crippen LogP contribution < -0.4 is 14.7 Å². The van der Waals surface area contributed by atoms with E-state index >= 15 is 0 Å². The van der Waals surface area contributed by atoms with E-state index < -0.39 is 7.67 Å². The van der Waals surface area contributed by atoms with Gasteiger partial charge in [-0.3, -0.25) is 10.2 Å². The van der Waals surface area contributed by atoms with Gasteiger partial charge in [-0.1, -0.05) is 28.5 Å². The van der Waals surface area contributed by atoms with E-state index in [1.165, 1.54) is 0 Å². The maximum atomic E-state index is 13.1. The molecule has 3 aromatic rings. The number of hydrogen-bond donors (Lipinski definition) is 2. The first kappa shape index (κ1) is 15.2. The van der Waals surface area contributed by atoms with E-state index in [4.69, 9.17) is 13.6 Å². The van der Waals surface area contributed by atoms with Crippen LogP contribution in [0.1, 0.15) is 11.5 Å². The number of hydrogen-bond acceptors (Lipinski definition) is 6. The zero-order chi connectivity index (χ0) is 16.3. The summed E-state index contributed by atoms with van der Waals surface area (Å²) in [6.07, 6.45) is 0. The quantitative estimate of drug-likeness (QED) is 0.652. The van der Waals surface area contributed by atoms with E-state index in [1.54, 1.807) is 50.2 Å². The summed E-state index contributed by atoms with van der Waals surface area (Å²) in [7, 11) is -3.60. The van der Waals surface area contributed by atoms with E-state index in [-0.39, 0.29) is 11.6 Å². The van der Waals surface area contributed by atoms with Gasteiger partial charge >= 0.3 is 7.67 Å². The molecule has 2 aromatic heterocycles. The van der Waals surface area contributed by atoms with Crippen LogP contribution in [0.15, 0.2) is 51.5 Å². The predicted octanol–water partition coefficient (Wildman–Crippen LogP) is 3.99. The Morgan fingerprint density at radius 1 is 0.957 bits per heavy atom. The van der Waals surface area contributed by atoms with Crippen molar-refractivity contribution in [2.24, 2.45) is 0 Å². The Morgan fingerprint density at radius 2 is 1.48 bits per heavy atom. The minimum Gasteiger partial charge on any atom is -0.414 e. The lowest BCUT2D eigenvalue weighted by Crippen LogP contribution is -2.12. The van der Waals surface area contributed by atoms with Crippen LogP contribution in [0.3, 0.4) is 0 Å². The van der Waals surface area contributed by atoms with Gasteiger partial charge in [0.15, 0.2) is 11.6 Å². The molecule has 0 unspecified atom stereocenters. The molecular weight excluding hydrogens is 319 g/mol. The minimum atomic E-state index is -3.60. The topological polar surface area (TPSA) is 102 Å². The highest BCUT2D eigenvalue weighted by Crippen LogP contribution is 2.46. The van der Waals surface area contributed by atoms with E-state index in [2.05, 4.69) is 20.5 Å². The van der Waals surface area contributed by atoms with Gasteiger partial charge in [0.2, 0.25) is 0 Å². The van der Waals surface area contributed by atoms with Gasteiger partial charge in [0, 0.05) is 12.1 Å². The molecule has 8 nitrogen and oxygen atoms in total. The molecule has 2 heterocycles. The number of rotatable bonds is 6. The molecule has 2 N–H and O–H groups in total. The number of benzene rings is 1. The highest BCUT2D eigenvalue weighted by Gasteiger charge is 2.28. The summed E-state index contributed by atoms with van der Waals surface area (Å²) in [5.41, 5.74) is 0. The lowest BCUT2D eigenvalue weighted by atomic mass is 10.3. The molecule has 0 radical (unpaired) electrons. The number of nitrogens with one attached hydrogen (secondary N) is 2. The molecule has 3 rings (SSSR count). The maximum absolute atomic E-state index is 13.1. The monoisotopic (exact) mass is 334 g/mol. The lowest BCUT2D eigenvalue weighted by Gasteiger charge is -2.19. The number of aromatic nitrogens is 2. The lowest BCUT2D eigenvalue weighted by molar-refractivity contribution is 0.399. The van der Waals surface area contributed by atoms with Crippen LogP contribution in [-0.2, 0) is 4.57 Å². The molecule has 0 saturated heterocycles. The molecule has 0 bridgehead atoms. The Hall–Kier alpha value is -2.73. The summed E-state index contributed by atoms with van der Waals surface area (Å²) < 4.78 is 28.7. The fourth-order valence-electron chi connectivity index (χ4n) is 1.84. The zero-order valence-electron chi connectivity index (χ0n) is 12.5. The van der Waals surface area contributed by atoms with E-state index in [9.17, 15) is 4.57 Å². The van der Waals surface area contributed by atoms with Gasteiger partial charge in [0.25, 0.3) is 0 Å². The average molecular weight is 334 g/mol. The third-order valence-electron chi connectivity index (χ3n) is 2.76. The Labute approximate surface area is 132 Å². The SMILES string of the molecule is Cc1cc(NP(=O)(Nc2cc(C)on2)Oc2ccccc2)no1. The van der Waals surface area contributed by atoms with Crippen LogP contribution in [-0.4, -0.2) is 10.3 Å². The molecule has 120 valence electrons. The fourth-order valence-corrected chi connectivity index (χ4v) is 3.22. The van der Waals surface area contributed by atoms with Crippen molar-refractivity contribution in [3.63, 3.8) is 0 Å². The molecular formula is C14H15N4O4P. The number of para-hydroxylation sites is 1. The Balaban J connectivity index is 1.86. The summed E-state index contributed by atoms with van der Waals surface area (Å²) in [5.74, 6) is 2.16. The number of aryl methyl sites for hydroxylation is 2. The molecule has 0 aliphatic rings. The summed E-state index contributed by atoms with van der Waals surface area (Å²) in [5, 5.41) is 13.0. The van der Waals surface area contributed by atoms with Crippen LogP contribution in [0.2, 0.25) is 0 Å². The molecule has 23 heavy (non-hydrogen) atoms. The van der Waals surface area contributed by atoms with Crippen LogP contribution in [0, 0.1) is 13.8 Å². The first-order valence-electron chi connectivity index (χ1n) is 6.80. The average Bonchev–Trinajstić information content (AvgIpc) is 3.08. The van der Waals surface area contributed by atoms with Gasteiger partial charge in [0.05, 0.1) is 0 Å². The van der Waals surface area contributed by atoms with Crippen LogP contribution >= 0.6 is 7.67 Å². The van der Waals surface area contributed by atoms with Crippen molar-refractivity contribution in [3.05, 3.63) is 54.0 Å². The van der Waals surface area contributed by atoms with Gasteiger partial charge in [-0.05, 0) is 26.0 Å². The molecule has 0 fully saturated rings. The molecule has 9 heteroatoms. The number of nitrogens with zero attached hydrogens (tertiary/aromatic N) is 2. The van der Waals surface area contributed by atoms with Crippen LogP contribution in [0.4, 0.5) is 11.6 Å². The normalized spacial score (nSPS) is 11.2. The standard InChI is InChI=1S/C14H15N4O4P/c1-10-8-13(15-20-10)17-23(19,18-14-9-11(2)21-16-14)22-12-6-4-3-5-7-12/h3-9H,1-2H3,(H2,15,16,17,18,19). The third kappa shape index (κ3) is 3.92. The first-order chi connectivity index (χ1) is 11.0. The van der Waals surface area contributed by atoms with E-state index in [1.807, 2.05) is 6.07 Å². The second-order valence-corrected chi connectivity index (χ2v) is 6.56. The van der Waals surface area contributed by atoms with Crippen LogP contribution in [0.25, 0.3) is 0 Å². The summed E-state index contributed by atoms with van der Waals surface area (Å²) in [6, 6.07) is 12.0. The number of anilines is 2. The molecule has 0 saturated carbocycles. The van der Waals surface area contributed by atoms with Crippen molar-refractivity contribution in [2.45, 2.75) is 13.8 Å². The highest BCUT2D eigenvalue weighted by molar-refractivity contribution is 7.62. The van der Waals surface area contributed by atoms with Crippen molar-refractivity contribution in [3.8, 4) is 5.75 Å².